The Labute approximate surface area is 123 Å². The summed E-state index contributed by atoms with van der Waals surface area (Å²) in [6.07, 6.45) is 4.32. The molecule has 1 amide bonds. The van der Waals surface area contributed by atoms with E-state index >= 15 is 0 Å². The number of carbonyl (C=O) groups excluding carboxylic acids is 1. The molecule has 0 spiro atoms. The van der Waals surface area contributed by atoms with Gasteiger partial charge in [0.25, 0.3) is 5.91 Å². The van der Waals surface area contributed by atoms with E-state index in [1.807, 2.05) is 50.3 Å². The van der Waals surface area contributed by atoms with Crippen LogP contribution in [0.2, 0.25) is 5.02 Å². The third kappa shape index (κ3) is 3.28. The first kappa shape index (κ1) is 14.4. The summed E-state index contributed by atoms with van der Waals surface area (Å²) < 4.78 is 0. The monoisotopic (exact) mass is 286 g/mol. The number of nitrogens with one attached hydrogen (secondary N) is 1. The topological polar surface area (TPSA) is 52.9 Å². The minimum absolute atomic E-state index is 0.183. The lowest BCUT2D eigenvalue weighted by Crippen LogP contribution is -2.47. The predicted octanol–water partition coefficient (Wildman–Crippen LogP) is 3.47. The highest BCUT2D eigenvalue weighted by Gasteiger charge is 2.30. The summed E-state index contributed by atoms with van der Waals surface area (Å²) in [5.74, 6) is -0.311. The zero-order valence-corrected chi connectivity index (χ0v) is 12.2. The van der Waals surface area contributed by atoms with E-state index in [2.05, 4.69) is 5.32 Å². The maximum absolute atomic E-state index is 11.9. The van der Waals surface area contributed by atoms with E-state index in [-0.39, 0.29) is 17.0 Å². The molecule has 0 aromatic heterocycles. The van der Waals surface area contributed by atoms with Gasteiger partial charge in [-0.25, -0.2) is 0 Å². The van der Waals surface area contributed by atoms with Crippen molar-refractivity contribution in [2.45, 2.75) is 25.8 Å². The number of hydrogen-bond donors (Lipinski definition) is 1. The number of nitrogens with zero attached hydrogens (tertiary/aromatic N) is 1. The highest BCUT2D eigenvalue weighted by atomic mass is 35.5. The van der Waals surface area contributed by atoms with E-state index in [0.29, 0.717) is 11.4 Å². The molecule has 2 rings (SSSR count). The van der Waals surface area contributed by atoms with E-state index in [0.717, 1.165) is 11.1 Å². The Morgan fingerprint density at radius 3 is 2.80 bits per heavy atom. The number of hydrogen-bond acceptors (Lipinski definition) is 2. The van der Waals surface area contributed by atoms with Gasteiger partial charge in [-0.1, -0.05) is 35.9 Å². The van der Waals surface area contributed by atoms with Gasteiger partial charge in [-0.15, -0.1) is 0 Å². The van der Waals surface area contributed by atoms with Crippen LogP contribution in [0.15, 0.2) is 41.5 Å². The molecule has 1 heterocycles. The van der Waals surface area contributed by atoms with Crippen molar-refractivity contribution in [3.05, 3.63) is 52.1 Å². The summed E-state index contributed by atoms with van der Waals surface area (Å²) in [5, 5.41) is 12.6. The molecule has 1 N–H and O–H groups in total. The highest BCUT2D eigenvalue weighted by Crippen LogP contribution is 2.26. The van der Waals surface area contributed by atoms with Crippen LogP contribution in [0.1, 0.15) is 25.8 Å². The van der Waals surface area contributed by atoms with E-state index in [4.69, 9.17) is 16.9 Å². The Morgan fingerprint density at radius 2 is 2.15 bits per heavy atom. The summed E-state index contributed by atoms with van der Waals surface area (Å²) in [5.41, 5.74) is 1.53. The van der Waals surface area contributed by atoms with Crippen LogP contribution in [0.4, 0.5) is 0 Å². The SMILES string of the molecule is CC1(C)CC(/C=C/c2cccc(Cl)c2)=C(C#N)C(=O)N1. The van der Waals surface area contributed by atoms with Gasteiger partial charge in [0.2, 0.25) is 0 Å². The Kier molecular flexibility index (Phi) is 3.96. The molecule has 0 fully saturated rings. The normalized spacial score (nSPS) is 18.0. The first-order valence-corrected chi connectivity index (χ1v) is 6.68. The first-order valence-electron chi connectivity index (χ1n) is 6.31. The van der Waals surface area contributed by atoms with E-state index < -0.39 is 0 Å². The number of rotatable bonds is 2. The lowest BCUT2D eigenvalue weighted by atomic mass is 9.87. The predicted molar refractivity (Wildman–Crippen MR) is 80.0 cm³/mol. The molecule has 0 atom stereocenters. The third-order valence-electron chi connectivity index (χ3n) is 3.07. The van der Waals surface area contributed by atoms with Crippen molar-refractivity contribution < 1.29 is 4.79 Å². The Bertz CT molecular complexity index is 651. The second kappa shape index (κ2) is 5.52. The largest absolute Gasteiger partial charge is 0.346 e. The van der Waals surface area contributed by atoms with Crippen LogP contribution in [0, 0.1) is 11.3 Å². The van der Waals surface area contributed by atoms with Crippen LogP contribution in [0.5, 0.6) is 0 Å². The summed E-state index contributed by atoms with van der Waals surface area (Å²) in [4.78, 5) is 11.9. The molecule has 0 saturated heterocycles. The van der Waals surface area contributed by atoms with Gasteiger partial charge in [0, 0.05) is 10.6 Å². The van der Waals surface area contributed by atoms with Gasteiger partial charge in [0.1, 0.15) is 11.6 Å². The summed E-state index contributed by atoms with van der Waals surface area (Å²) in [6, 6.07) is 9.39. The quantitative estimate of drug-likeness (QED) is 0.905. The minimum atomic E-state index is -0.342. The van der Waals surface area contributed by atoms with Crippen LogP contribution in [0.25, 0.3) is 6.08 Å². The fourth-order valence-electron chi connectivity index (χ4n) is 2.20. The van der Waals surface area contributed by atoms with Gasteiger partial charge in [-0.2, -0.15) is 5.26 Å². The minimum Gasteiger partial charge on any atom is -0.346 e. The number of benzene rings is 1. The number of allylic oxidation sites excluding steroid dienone is 1. The summed E-state index contributed by atoms with van der Waals surface area (Å²) >= 11 is 5.93. The molecule has 1 aliphatic heterocycles. The Balaban J connectivity index is 2.35. The van der Waals surface area contributed by atoms with E-state index in [1.54, 1.807) is 6.07 Å². The smallest absolute Gasteiger partial charge is 0.262 e. The zero-order chi connectivity index (χ0) is 14.8. The number of amides is 1. The molecular formula is C16H15ClN2O. The molecule has 0 aliphatic carbocycles. The Morgan fingerprint density at radius 1 is 1.40 bits per heavy atom. The van der Waals surface area contributed by atoms with Crippen LogP contribution < -0.4 is 5.32 Å². The molecule has 1 aromatic carbocycles. The van der Waals surface area contributed by atoms with Crippen molar-refractivity contribution in [2.24, 2.45) is 0 Å². The molecule has 20 heavy (non-hydrogen) atoms. The lowest BCUT2D eigenvalue weighted by molar-refractivity contribution is -0.119. The summed E-state index contributed by atoms with van der Waals surface area (Å²) in [7, 11) is 0. The molecule has 1 aliphatic rings. The second-order valence-electron chi connectivity index (χ2n) is 5.42. The molecule has 0 saturated carbocycles. The average molecular weight is 287 g/mol. The fraction of sp³-hybridized carbons (Fsp3) is 0.250. The van der Waals surface area contributed by atoms with Gasteiger partial charge in [0.15, 0.2) is 0 Å². The van der Waals surface area contributed by atoms with Crippen molar-refractivity contribution in [2.75, 3.05) is 0 Å². The van der Waals surface area contributed by atoms with Crippen LogP contribution in [-0.2, 0) is 4.79 Å². The lowest BCUT2D eigenvalue weighted by Gasteiger charge is -2.31. The molecule has 0 unspecified atom stereocenters. The molecule has 0 radical (unpaired) electrons. The van der Waals surface area contributed by atoms with Crippen molar-refractivity contribution in [3.8, 4) is 6.07 Å². The fourth-order valence-corrected chi connectivity index (χ4v) is 2.40. The second-order valence-corrected chi connectivity index (χ2v) is 5.85. The number of halogens is 1. The van der Waals surface area contributed by atoms with Gasteiger partial charge < -0.3 is 5.32 Å². The summed E-state index contributed by atoms with van der Waals surface area (Å²) in [6.45, 7) is 3.87. The molecule has 102 valence electrons. The number of nitriles is 1. The van der Waals surface area contributed by atoms with Crippen molar-refractivity contribution in [3.63, 3.8) is 0 Å². The Hall–Kier alpha value is -2.05. The van der Waals surface area contributed by atoms with Crippen LogP contribution in [-0.4, -0.2) is 11.4 Å². The third-order valence-corrected chi connectivity index (χ3v) is 3.31. The van der Waals surface area contributed by atoms with Gasteiger partial charge in [-0.05, 0) is 43.5 Å². The standard InChI is InChI=1S/C16H15ClN2O/c1-16(2)9-12(14(10-18)15(20)19-16)7-6-11-4-3-5-13(17)8-11/h3-8H,9H2,1-2H3,(H,19,20)/b7-6+. The zero-order valence-electron chi connectivity index (χ0n) is 11.4. The highest BCUT2D eigenvalue weighted by molar-refractivity contribution is 6.30. The van der Waals surface area contributed by atoms with Crippen molar-refractivity contribution in [1.29, 1.82) is 5.26 Å². The molecule has 1 aromatic rings. The van der Waals surface area contributed by atoms with Gasteiger partial charge >= 0.3 is 0 Å². The first-order chi connectivity index (χ1) is 9.41. The van der Waals surface area contributed by atoms with Crippen molar-refractivity contribution >= 4 is 23.6 Å². The van der Waals surface area contributed by atoms with Crippen molar-refractivity contribution in [1.82, 2.24) is 5.32 Å². The van der Waals surface area contributed by atoms with E-state index in [1.165, 1.54) is 0 Å². The maximum Gasteiger partial charge on any atom is 0.262 e. The van der Waals surface area contributed by atoms with Gasteiger partial charge in [-0.3, -0.25) is 4.79 Å². The number of carbonyl (C=O) groups is 1. The average Bonchev–Trinajstić information content (AvgIpc) is 2.35. The molecule has 0 bridgehead atoms. The molecule has 4 heteroatoms. The van der Waals surface area contributed by atoms with E-state index in [9.17, 15) is 4.79 Å². The molecular weight excluding hydrogens is 272 g/mol. The van der Waals surface area contributed by atoms with Crippen LogP contribution in [0.3, 0.4) is 0 Å². The van der Waals surface area contributed by atoms with Crippen LogP contribution >= 0.6 is 11.6 Å². The molecule has 3 nitrogen and oxygen atoms in total. The maximum atomic E-state index is 11.9. The van der Waals surface area contributed by atoms with Gasteiger partial charge in [0.05, 0.1) is 0 Å².